The molecule has 8 N–H and O–H groups in total. The van der Waals surface area contributed by atoms with Crippen molar-refractivity contribution in [2.24, 2.45) is 23.7 Å². The van der Waals surface area contributed by atoms with E-state index in [-0.39, 0.29) is 95.7 Å². The number of alkyl carbamates (subject to hydrolysis) is 1. The number of carbonyl (C=O) groups excluding carboxylic acids is 9. The molecule has 6 amide bonds. The lowest BCUT2D eigenvalue weighted by atomic mass is 9.72. The number of phenols is 2. The highest BCUT2D eigenvalue weighted by Crippen LogP contribution is 2.54. The number of aliphatic hydroxyl groups is 3. The number of hydrogen-bond acceptors (Lipinski definition) is 23. The Morgan fingerprint density at radius 1 is 0.943 bits per heavy atom. The van der Waals surface area contributed by atoms with Gasteiger partial charge in [0.2, 0.25) is 29.4 Å². The van der Waals surface area contributed by atoms with Crippen LogP contribution in [0, 0.1) is 33.8 Å². The second-order valence-electron chi connectivity index (χ2n) is 22.0. The SMILES string of the molecule is COCCNC(=O)CC(=O)N(CCN1C(=O)C2C3C=CC(C3)C2C1=O)Cc1cn(CNC(=O)c2cccc(COC(=O)N[C@H]3C[C@H](O[C@H]4C[C@](O)(C(=O)CO)Cc5c(O)c6c(c(O)c54)C(=O)c4c(OC)cccc4C6=O)O[C@@H](C)[C@H]3O)c2[N+](=O)[O-])nn1. The Kier molecular flexibility index (Phi) is 17.3. The van der Waals surface area contributed by atoms with E-state index in [1.165, 1.54) is 62.6 Å². The third-order valence-electron chi connectivity index (χ3n) is 16.8. The number of imide groups is 1. The summed E-state index contributed by atoms with van der Waals surface area (Å²) in [6.45, 7) is -1.11. The Bertz CT molecular complexity index is 3520. The van der Waals surface area contributed by atoms with E-state index in [1.807, 2.05) is 12.2 Å². The minimum Gasteiger partial charge on any atom is -0.507 e. The number of ether oxygens (including phenoxy) is 5. The van der Waals surface area contributed by atoms with Crippen LogP contribution in [-0.2, 0) is 69.2 Å². The van der Waals surface area contributed by atoms with E-state index in [2.05, 4.69) is 26.3 Å². The molecule has 1 aromatic heterocycles. The molecule has 1 saturated carbocycles. The maximum atomic E-state index is 14.1. The normalized spacial score (nSPS) is 24.9. The lowest BCUT2D eigenvalue weighted by Gasteiger charge is -2.42. The standard InChI is InChI=1S/C57H61N9O21/c1-26-48(71)34(17-40(86-26)87-36-20-57(80,37(68)23-67)19-33-44(36)52(75)46-45(50(33)73)49(72)31-7-5-9-35(84-3)43(31)51(46)74)60-56(79)85-24-29-6-4-8-32(47(29)66(81)82)53(76)59-25-64-22-30(61-62-64)21-63(39(70)18-38(69)58-12-15-83-2)13-14-65-54(77)41-27-10-11-28(16-27)42(41)55(65)78/h4-11,22,26-28,34,36,40-42,48,67,71,73,75,80H,12-21,23-25H2,1-3H3,(H,58,69)(H,59,76)(H,60,79)/t26-,27?,28?,34-,36-,40-,41?,42?,48+,57-/m0/s1. The van der Waals surface area contributed by atoms with Gasteiger partial charge in [0.25, 0.3) is 11.6 Å². The molecule has 0 radical (unpaired) electrons. The van der Waals surface area contributed by atoms with Gasteiger partial charge in [-0.1, -0.05) is 35.6 Å². The number of phenolic OH excluding ortho intramolecular Hbond substituents is 2. The number of aromatic nitrogens is 3. The van der Waals surface area contributed by atoms with Crippen LogP contribution in [-0.4, -0.2) is 185 Å². The zero-order valence-corrected chi connectivity index (χ0v) is 47.0. The van der Waals surface area contributed by atoms with Crippen LogP contribution in [0.15, 0.2) is 54.7 Å². The van der Waals surface area contributed by atoms with Crippen LogP contribution in [0.5, 0.6) is 17.2 Å². The van der Waals surface area contributed by atoms with Crippen LogP contribution >= 0.6 is 0 Å². The van der Waals surface area contributed by atoms with Gasteiger partial charge in [-0.25, -0.2) is 9.48 Å². The number of aromatic hydroxyl groups is 2. The number of aliphatic hydroxyl groups excluding tert-OH is 2. The van der Waals surface area contributed by atoms with Crippen molar-refractivity contribution >= 4 is 58.7 Å². The number of nitro benzene ring substituents is 1. The number of nitrogens with one attached hydrogen (secondary N) is 3. The van der Waals surface area contributed by atoms with Crippen molar-refractivity contribution in [3.05, 3.63) is 115 Å². The summed E-state index contributed by atoms with van der Waals surface area (Å²) in [7, 11) is 2.71. The van der Waals surface area contributed by atoms with Crippen LogP contribution in [0.3, 0.4) is 0 Å². The Labute approximate surface area is 493 Å². The smallest absolute Gasteiger partial charge is 0.407 e. The molecular weight excluding hydrogens is 1150 g/mol. The van der Waals surface area contributed by atoms with E-state index in [1.54, 1.807) is 0 Å². The van der Waals surface area contributed by atoms with Gasteiger partial charge in [0.1, 0.15) is 66.5 Å². The van der Waals surface area contributed by atoms with Crippen LogP contribution in [0.2, 0.25) is 0 Å². The summed E-state index contributed by atoms with van der Waals surface area (Å²) < 4.78 is 29.0. The number of amides is 6. The molecule has 10 atom stereocenters. The third-order valence-corrected chi connectivity index (χ3v) is 16.8. The Morgan fingerprint density at radius 2 is 1.66 bits per heavy atom. The number of fused-ring (bicyclic) bond motifs is 8. The van der Waals surface area contributed by atoms with Gasteiger partial charge in [-0.15, -0.1) is 5.10 Å². The minimum atomic E-state index is -2.47. The fourth-order valence-corrected chi connectivity index (χ4v) is 12.5. The molecule has 2 aliphatic heterocycles. The van der Waals surface area contributed by atoms with Crippen molar-refractivity contribution < 1.29 is 97.3 Å². The van der Waals surface area contributed by atoms with Gasteiger partial charge in [0.15, 0.2) is 17.9 Å². The molecule has 3 fully saturated rings. The molecular formula is C57H61N9O21. The number of rotatable bonds is 22. The summed E-state index contributed by atoms with van der Waals surface area (Å²) >= 11 is 0. The molecule has 4 aromatic rings. The van der Waals surface area contributed by atoms with Gasteiger partial charge in [0, 0.05) is 62.7 Å². The predicted octanol–water partition coefficient (Wildman–Crippen LogP) is 0.145. The number of nitro groups is 1. The minimum absolute atomic E-state index is 0.00764. The number of para-hydroxylation sites is 1. The largest absolute Gasteiger partial charge is 0.507 e. The first-order valence-electron chi connectivity index (χ1n) is 27.7. The van der Waals surface area contributed by atoms with E-state index in [4.69, 9.17) is 23.7 Å². The average Bonchev–Trinajstić information content (AvgIpc) is 0.937. The summed E-state index contributed by atoms with van der Waals surface area (Å²) in [5, 5.41) is 84.6. The molecule has 6 aliphatic rings. The maximum absolute atomic E-state index is 14.1. The van der Waals surface area contributed by atoms with Crippen molar-refractivity contribution in [3.8, 4) is 17.2 Å². The Hall–Kier alpha value is -9.07. The number of allylic oxidation sites excluding steroid dienone is 2. The Morgan fingerprint density at radius 3 is 2.34 bits per heavy atom. The van der Waals surface area contributed by atoms with E-state index < -0.39 is 174 Å². The zero-order chi connectivity index (χ0) is 62.3. The monoisotopic (exact) mass is 1210 g/mol. The fourth-order valence-electron chi connectivity index (χ4n) is 12.5. The zero-order valence-electron chi connectivity index (χ0n) is 47.0. The van der Waals surface area contributed by atoms with Crippen molar-refractivity contribution in [1.82, 2.24) is 40.7 Å². The molecule has 0 spiro atoms. The van der Waals surface area contributed by atoms with Crippen molar-refractivity contribution in [2.75, 3.05) is 47.1 Å². The maximum Gasteiger partial charge on any atom is 0.407 e. The topological polar surface area (TPSA) is 417 Å². The summed E-state index contributed by atoms with van der Waals surface area (Å²) in [5.74, 6) is -8.38. The number of ketones is 3. The quantitative estimate of drug-likeness (QED) is 0.00869. The molecule has 10 rings (SSSR count). The van der Waals surface area contributed by atoms with Gasteiger partial charge < -0.3 is 70.1 Å². The molecule has 3 aromatic carbocycles. The van der Waals surface area contributed by atoms with E-state index in [9.17, 15) is 78.8 Å². The van der Waals surface area contributed by atoms with Gasteiger partial charge in [-0.2, -0.15) is 0 Å². The summed E-state index contributed by atoms with van der Waals surface area (Å²) in [6.07, 6.45) is -3.31. The van der Waals surface area contributed by atoms with Crippen LogP contribution in [0.25, 0.3) is 0 Å². The van der Waals surface area contributed by atoms with Crippen LogP contribution in [0.1, 0.15) is 103 Å². The predicted molar refractivity (Wildman–Crippen MR) is 291 cm³/mol. The first kappa shape index (κ1) is 61.0. The lowest BCUT2D eigenvalue weighted by Crippen LogP contribution is -2.56. The van der Waals surface area contributed by atoms with Crippen molar-refractivity contribution in [2.45, 2.75) is 95.1 Å². The molecule has 460 valence electrons. The molecule has 30 nitrogen and oxygen atoms in total. The molecule has 30 heteroatoms. The van der Waals surface area contributed by atoms with Gasteiger partial charge in [0.05, 0.1) is 83.7 Å². The number of hydrogen-bond donors (Lipinski definition) is 8. The third kappa shape index (κ3) is 11.6. The van der Waals surface area contributed by atoms with Gasteiger partial charge in [-0.3, -0.25) is 53.4 Å². The molecule has 2 saturated heterocycles. The molecule has 3 heterocycles. The first-order valence-corrected chi connectivity index (χ1v) is 27.7. The van der Waals surface area contributed by atoms with Crippen LogP contribution < -0.4 is 20.7 Å². The van der Waals surface area contributed by atoms with E-state index in [0.717, 1.165) is 22.1 Å². The summed E-state index contributed by atoms with van der Waals surface area (Å²) in [6, 6.07) is 6.58. The van der Waals surface area contributed by atoms with Crippen molar-refractivity contribution in [3.63, 3.8) is 0 Å². The number of methoxy groups -OCH3 is 2. The highest BCUT2D eigenvalue weighted by molar-refractivity contribution is 6.31. The number of benzene rings is 3. The number of carbonyl (C=O) groups is 9. The second kappa shape index (κ2) is 24.7. The second-order valence-corrected chi connectivity index (χ2v) is 22.0. The fraction of sp³-hybridized carbons (Fsp3) is 0.456. The first-order chi connectivity index (χ1) is 41.6. The number of nitrogens with zero attached hydrogens (tertiary/aromatic N) is 6. The highest BCUT2D eigenvalue weighted by Gasteiger charge is 2.59. The lowest BCUT2D eigenvalue weighted by molar-refractivity contribution is -0.386. The molecule has 2 bridgehead atoms. The average molecular weight is 1210 g/mol. The Balaban J connectivity index is 0.784. The molecule has 4 unspecified atom stereocenters. The summed E-state index contributed by atoms with van der Waals surface area (Å²) in [5.41, 5.74) is -5.97. The summed E-state index contributed by atoms with van der Waals surface area (Å²) in [4.78, 5) is 135. The van der Waals surface area contributed by atoms with E-state index in [0.29, 0.717) is 0 Å². The van der Waals surface area contributed by atoms with Crippen LogP contribution in [0.4, 0.5) is 10.5 Å². The number of Topliss-reactive ketones (excluding diaryl/α,β-unsaturated/α-hetero) is 1. The van der Waals surface area contributed by atoms with Gasteiger partial charge in [-0.05, 0) is 43.4 Å². The highest BCUT2D eigenvalue weighted by atomic mass is 16.7. The molecule has 4 aliphatic carbocycles. The van der Waals surface area contributed by atoms with Crippen molar-refractivity contribution in [1.29, 1.82) is 0 Å². The number of likely N-dealkylation sites (tertiary alicyclic amines) is 1. The molecule has 87 heavy (non-hydrogen) atoms. The van der Waals surface area contributed by atoms with E-state index >= 15 is 0 Å². The van der Waals surface area contributed by atoms with Gasteiger partial charge >= 0.3 is 6.09 Å².